The van der Waals surface area contributed by atoms with Gasteiger partial charge in [0.15, 0.2) is 0 Å². The second-order valence-electron chi connectivity index (χ2n) is 4.31. The van der Waals surface area contributed by atoms with Crippen molar-refractivity contribution in [2.45, 2.75) is 26.2 Å². The van der Waals surface area contributed by atoms with Gasteiger partial charge in [-0.05, 0) is 30.4 Å². The highest BCUT2D eigenvalue weighted by Gasteiger charge is 2.30. The Bertz CT molecular complexity index is 376. The Hall–Kier alpha value is -1.38. The fraction of sp³-hybridized carbons (Fsp3) is 0.500. The highest BCUT2D eigenvalue weighted by molar-refractivity contribution is 5.83. The number of carbonyl (C=O) groups is 1. The van der Waals surface area contributed by atoms with Crippen LogP contribution in [0.25, 0.3) is 0 Å². The number of nitrogens with zero attached hydrogens (tertiary/aromatic N) is 1. The molecule has 2 N–H and O–H groups in total. The van der Waals surface area contributed by atoms with Crippen molar-refractivity contribution in [1.29, 1.82) is 0 Å². The smallest absolute Gasteiger partial charge is 0.135 e. The first-order valence-electron chi connectivity index (χ1n) is 5.40. The number of hydrogen-bond acceptors (Lipinski definition) is 3. The molecular weight excluding hydrogens is 188 g/mol. The van der Waals surface area contributed by atoms with Gasteiger partial charge < -0.3 is 5.73 Å². The molecule has 2 atom stereocenters. The first-order valence-corrected chi connectivity index (χ1v) is 5.40. The Morgan fingerprint density at radius 1 is 1.60 bits per heavy atom. The third kappa shape index (κ3) is 2.01. The van der Waals surface area contributed by atoms with Gasteiger partial charge in [0.05, 0.1) is 0 Å². The lowest BCUT2D eigenvalue weighted by atomic mass is 9.91. The molecule has 2 rings (SSSR count). The number of Topliss-reactive ketones (excluding diaryl/α,β-unsaturated/α-hetero) is 1. The van der Waals surface area contributed by atoms with Crippen molar-refractivity contribution >= 4 is 11.6 Å². The monoisotopic (exact) mass is 204 g/mol. The summed E-state index contributed by atoms with van der Waals surface area (Å²) in [6.45, 7) is 2.02. The van der Waals surface area contributed by atoms with E-state index >= 15 is 0 Å². The zero-order valence-corrected chi connectivity index (χ0v) is 8.94. The Kier molecular flexibility index (Phi) is 2.71. The van der Waals surface area contributed by atoms with Crippen LogP contribution in [0.5, 0.6) is 0 Å². The number of anilines is 1. The normalized spacial score (nSPS) is 25.8. The van der Waals surface area contributed by atoms with Gasteiger partial charge >= 0.3 is 0 Å². The zero-order chi connectivity index (χ0) is 10.8. The molecular formula is C12H16N2O. The molecule has 1 aromatic heterocycles. The summed E-state index contributed by atoms with van der Waals surface area (Å²) in [5.41, 5.74) is 6.86. The molecule has 0 bridgehead atoms. The summed E-state index contributed by atoms with van der Waals surface area (Å²) in [5.74, 6) is 1.63. The molecule has 1 aliphatic carbocycles. The highest BCUT2D eigenvalue weighted by Crippen LogP contribution is 2.31. The Labute approximate surface area is 89.7 Å². The molecule has 1 fully saturated rings. The molecule has 0 saturated heterocycles. The van der Waals surface area contributed by atoms with E-state index in [0.29, 0.717) is 17.5 Å². The molecule has 1 saturated carbocycles. The lowest BCUT2D eigenvalue weighted by molar-refractivity contribution is -0.120. The van der Waals surface area contributed by atoms with Crippen LogP contribution >= 0.6 is 0 Å². The van der Waals surface area contributed by atoms with Crippen molar-refractivity contribution in [1.82, 2.24) is 4.98 Å². The molecule has 0 aromatic carbocycles. The van der Waals surface area contributed by atoms with Crippen LogP contribution in [-0.2, 0) is 11.2 Å². The number of ketones is 1. The van der Waals surface area contributed by atoms with Gasteiger partial charge in [0.1, 0.15) is 11.6 Å². The summed E-state index contributed by atoms with van der Waals surface area (Å²) in [6.07, 6.45) is 4.30. The number of rotatable bonds is 2. The minimum atomic E-state index is 0.185. The molecule has 0 amide bonds. The summed E-state index contributed by atoms with van der Waals surface area (Å²) in [4.78, 5) is 15.5. The molecule has 0 aliphatic heterocycles. The van der Waals surface area contributed by atoms with Gasteiger partial charge in [-0.25, -0.2) is 4.98 Å². The fourth-order valence-corrected chi connectivity index (χ4v) is 2.25. The van der Waals surface area contributed by atoms with E-state index in [0.717, 1.165) is 24.8 Å². The Morgan fingerprint density at radius 3 is 3.00 bits per heavy atom. The van der Waals surface area contributed by atoms with Gasteiger partial charge in [0, 0.05) is 18.5 Å². The summed E-state index contributed by atoms with van der Waals surface area (Å²) in [5, 5.41) is 0. The maximum Gasteiger partial charge on any atom is 0.135 e. The molecule has 0 radical (unpaired) electrons. The second-order valence-corrected chi connectivity index (χ2v) is 4.31. The summed E-state index contributed by atoms with van der Waals surface area (Å²) in [7, 11) is 0. The van der Waals surface area contributed by atoms with E-state index in [1.165, 1.54) is 0 Å². The van der Waals surface area contributed by atoms with Crippen LogP contribution in [0.15, 0.2) is 18.3 Å². The largest absolute Gasteiger partial charge is 0.383 e. The molecule has 3 heteroatoms. The maximum absolute atomic E-state index is 11.4. The number of nitrogen functional groups attached to an aromatic ring is 1. The summed E-state index contributed by atoms with van der Waals surface area (Å²) in [6, 6.07) is 3.89. The van der Waals surface area contributed by atoms with Gasteiger partial charge in [-0.15, -0.1) is 0 Å². The standard InChI is InChI=1S/C12H16N2O/c1-8-9(4-5-11(8)15)7-10-3-2-6-14-12(10)13/h2-3,6,8-9H,4-5,7H2,1H3,(H2,13,14). The van der Waals surface area contributed by atoms with E-state index in [2.05, 4.69) is 4.98 Å². The number of aromatic nitrogens is 1. The lowest BCUT2D eigenvalue weighted by Gasteiger charge is -2.14. The minimum Gasteiger partial charge on any atom is -0.383 e. The average molecular weight is 204 g/mol. The van der Waals surface area contributed by atoms with E-state index in [4.69, 9.17) is 5.73 Å². The van der Waals surface area contributed by atoms with Gasteiger partial charge in [-0.1, -0.05) is 13.0 Å². The SMILES string of the molecule is CC1C(=O)CCC1Cc1cccnc1N. The van der Waals surface area contributed by atoms with E-state index in [1.807, 2.05) is 19.1 Å². The number of pyridine rings is 1. The van der Waals surface area contributed by atoms with Gasteiger partial charge in [-0.2, -0.15) is 0 Å². The maximum atomic E-state index is 11.4. The molecule has 3 nitrogen and oxygen atoms in total. The predicted molar refractivity (Wildman–Crippen MR) is 59.2 cm³/mol. The molecule has 1 aromatic rings. The van der Waals surface area contributed by atoms with Crippen molar-refractivity contribution in [2.24, 2.45) is 11.8 Å². The van der Waals surface area contributed by atoms with E-state index < -0.39 is 0 Å². The van der Waals surface area contributed by atoms with Gasteiger partial charge in [0.2, 0.25) is 0 Å². The highest BCUT2D eigenvalue weighted by atomic mass is 16.1. The Balaban J connectivity index is 2.10. The molecule has 15 heavy (non-hydrogen) atoms. The van der Waals surface area contributed by atoms with Crippen molar-refractivity contribution in [2.75, 3.05) is 5.73 Å². The minimum absolute atomic E-state index is 0.185. The van der Waals surface area contributed by atoms with E-state index in [1.54, 1.807) is 6.20 Å². The van der Waals surface area contributed by atoms with Crippen LogP contribution in [0.2, 0.25) is 0 Å². The van der Waals surface area contributed by atoms with E-state index in [9.17, 15) is 4.79 Å². The average Bonchev–Trinajstić information content (AvgIpc) is 2.53. The molecule has 0 spiro atoms. The second kappa shape index (κ2) is 4.01. The van der Waals surface area contributed by atoms with Crippen LogP contribution < -0.4 is 5.73 Å². The third-order valence-corrected chi connectivity index (χ3v) is 3.38. The van der Waals surface area contributed by atoms with Gasteiger partial charge in [-0.3, -0.25) is 4.79 Å². The number of nitrogens with two attached hydrogens (primary N) is 1. The summed E-state index contributed by atoms with van der Waals surface area (Å²) >= 11 is 0. The molecule has 1 aliphatic rings. The first kappa shape index (κ1) is 10.1. The first-order chi connectivity index (χ1) is 7.18. The van der Waals surface area contributed by atoms with Crippen molar-refractivity contribution < 1.29 is 4.79 Å². The predicted octanol–water partition coefficient (Wildman–Crippen LogP) is 1.82. The molecule has 80 valence electrons. The van der Waals surface area contributed by atoms with Crippen LogP contribution in [0, 0.1) is 11.8 Å². The zero-order valence-electron chi connectivity index (χ0n) is 8.94. The number of hydrogen-bond donors (Lipinski definition) is 1. The quantitative estimate of drug-likeness (QED) is 0.799. The van der Waals surface area contributed by atoms with E-state index in [-0.39, 0.29) is 5.92 Å². The van der Waals surface area contributed by atoms with Crippen molar-refractivity contribution in [3.05, 3.63) is 23.9 Å². The van der Waals surface area contributed by atoms with Crippen LogP contribution in [0.3, 0.4) is 0 Å². The topological polar surface area (TPSA) is 56.0 Å². The Morgan fingerprint density at radius 2 is 2.40 bits per heavy atom. The van der Waals surface area contributed by atoms with Crippen LogP contribution in [0.4, 0.5) is 5.82 Å². The molecule has 1 heterocycles. The molecule has 2 unspecified atom stereocenters. The number of carbonyl (C=O) groups excluding carboxylic acids is 1. The fourth-order valence-electron chi connectivity index (χ4n) is 2.25. The van der Waals surface area contributed by atoms with Crippen LogP contribution in [0.1, 0.15) is 25.3 Å². The van der Waals surface area contributed by atoms with Gasteiger partial charge in [0.25, 0.3) is 0 Å². The van der Waals surface area contributed by atoms with Crippen molar-refractivity contribution in [3.8, 4) is 0 Å². The lowest BCUT2D eigenvalue weighted by Crippen LogP contribution is -2.13. The van der Waals surface area contributed by atoms with Crippen LogP contribution in [-0.4, -0.2) is 10.8 Å². The summed E-state index contributed by atoms with van der Waals surface area (Å²) < 4.78 is 0. The third-order valence-electron chi connectivity index (χ3n) is 3.38. The van der Waals surface area contributed by atoms with Crippen molar-refractivity contribution in [3.63, 3.8) is 0 Å².